The molecule has 0 rings (SSSR count). The van der Waals surface area contributed by atoms with E-state index in [1.807, 2.05) is 0 Å². The minimum atomic E-state index is -2.09. The maximum atomic E-state index is 9.82. The Morgan fingerprint density at radius 1 is 1.08 bits per heavy atom. The summed E-state index contributed by atoms with van der Waals surface area (Å²) < 4.78 is -2.09. The van der Waals surface area contributed by atoms with Crippen molar-refractivity contribution in [3.05, 3.63) is 0 Å². The smallest absolute Gasteiger partial charge is 0.172 e. The van der Waals surface area contributed by atoms with Crippen molar-refractivity contribution < 1.29 is 4.89 Å². The lowest BCUT2D eigenvalue weighted by atomic mass is 10.4. The van der Waals surface area contributed by atoms with Crippen LogP contribution in [0.3, 0.4) is 0 Å². The highest BCUT2D eigenvalue weighted by molar-refractivity contribution is 8.98. The van der Waals surface area contributed by atoms with E-state index in [9.17, 15) is 4.89 Å². The van der Waals surface area contributed by atoms with Crippen LogP contribution in [0.4, 0.5) is 0 Å². The molecule has 0 bridgehead atoms. The molecule has 0 aliphatic rings. The fraction of sp³-hybridized carbons (Fsp3) is 1.00. The van der Waals surface area contributed by atoms with Gasteiger partial charge in [-0.1, -0.05) is 49.5 Å². The molecule has 0 saturated carbocycles. The molecule has 0 amide bonds. The fourth-order valence-corrected chi connectivity index (χ4v) is 7.79. The summed E-state index contributed by atoms with van der Waals surface area (Å²) in [5.74, 6) is 2.03. The molecule has 13 heavy (non-hydrogen) atoms. The zero-order valence-electron chi connectivity index (χ0n) is 8.36. The van der Waals surface area contributed by atoms with Crippen LogP contribution in [0.15, 0.2) is 0 Å². The van der Waals surface area contributed by atoms with Gasteiger partial charge in [0, 0.05) is 11.5 Å². The Morgan fingerprint density at radius 2 is 1.46 bits per heavy atom. The Labute approximate surface area is 95.0 Å². The van der Waals surface area contributed by atoms with E-state index in [-0.39, 0.29) is 0 Å². The van der Waals surface area contributed by atoms with Crippen LogP contribution < -0.4 is 0 Å². The Balaban J connectivity index is 3.49. The van der Waals surface area contributed by atoms with Crippen LogP contribution in [0.1, 0.15) is 39.5 Å². The molecular formula is C8H19OPS3. The second-order valence-electron chi connectivity index (χ2n) is 2.84. The van der Waals surface area contributed by atoms with Crippen LogP contribution in [0.25, 0.3) is 0 Å². The van der Waals surface area contributed by atoms with E-state index >= 15 is 0 Å². The highest BCUT2D eigenvalue weighted by atomic mass is 33.2. The average Bonchev–Trinajstić information content (AvgIpc) is 2.05. The van der Waals surface area contributed by atoms with Gasteiger partial charge in [0.1, 0.15) is 0 Å². The van der Waals surface area contributed by atoms with Crippen molar-refractivity contribution in [3.8, 4) is 0 Å². The largest absolute Gasteiger partial charge is 0.350 e. The first-order chi connectivity index (χ1) is 6.12. The van der Waals surface area contributed by atoms with Crippen LogP contribution in [0.5, 0.6) is 0 Å². The molecule has 0 aromatic carbocycles. The normalized spacial score (nSPS) is 11.9. The van der Waals surface area contributed by atoms with Crippen molar-refractivity contribution >= 4 is 39.2 Å². The van der Waals surface area contributed by atoms with Crippen molar-refractivity contribution in [2.45, 2.75) is 39.5 Å². The first-order valence-corrected chi connectivity index (χ1v) is 10.7. The van der Waals surface area contributed by atoms with Crippen molar-refractivity contribution in [3.63, 3.8) is 0 Å². The third-order valence-corrected chi connectivity index (χ3v) is 9.95. The standard InChI is InChI=1S/C8H19OPS3/c1-3-5-7-12-10(9,11)13-8-6-4-2/h3-8H2,1-2H3,(H,9,11). The topological polar surface area (TPSA) is 20.2 Å². The summed E-state index contributed by atoms with van der Waals surface area (Å²) in [6.45, 7) is 4.32. The minimum absolute atomic E-state index is 1.02. The number of rotatable bonds is 8. The van der Waals surface area contributed by atoms with Gasteiger partial charge in [-0.15, -0.1) is 0 Å². The zero-order valence-corrected chi connectivity index (χ0v) is 11.7. The van der Waals surface area contributed by atoms with E-state index in [0.717, 1.165) is 24.3 Å². The number of unbranched alkanes of at least 4 members (excludes halogenated alkanes) is 2. The lowest BCUT2D eigenvalue weighted by Gasteiger charge is -2.12. The van der Waals surface area contributed by atoms with E-state index in [1.54, 1.807) is 22.8 Å². The lowest BCUT2D eigenvalue weighted by molar-refractivity contribution is 0.653. The van der Waals surface area contributed by atoms with Crippen molar-refractivity contribution in [1.29, 1.82) is 0 Å². The predicted octanol–water partition coefficient (Wildman–Crippen LogP) is 4.27. The maximum Gasteiger partial charge on any atom is 0.172 e. The first-order valence-electron chi connectivity index (χ1n) is 4.74. The molecular weight excluding hydrogens is 239 g/mol. The van der Waals surface area contributed by atoms with E-state index in [2.05, 4.69) is 13.8 Å². The average molecular weight is 258 g/mol. The quantitative estimate of drug-likeness (QED) is 0.518. The second kappa shape index (κ2) is 8.60. The molecule has 0 aromatic heterocycles. The highest BCUT2D eigenvalue weighted by Gasteiger charge is 2.12. The summed E-state index contributed by atoms with van der Waals surface area (Å²) in [6, 6.07) is 0. The third kappa shape index (κ3) is 9.61. The summed E-state index contributed by atoms with van der Waals surface area (Å²) in [5.41, 5.74) is 0. The van der Waals surface area contributed by atoms with Gasteiger partial charge in [-0.25, -0.2) is 0 Å². The maximum absolute atomic E-state index is 9.82. The van der Waals surface area contributed by atoms with Gasteiger partial charge < -0.3 is 4.89 Å². The summed E-state index contributed by atoms with van der Waals surface area (Å²) >= 11 is 8.36. The predicted molar refractivity (Wildman–Crippen MR) is 71.2 cm³/mol. The van der Waals surface area contributed by atoms with Crippen LogP contribution in [0.2, 0.25) is 0 Å². The zero-order chi connectivity index (χ0) is 10.2. The SMILES string of the molecule is CCCCSP(O)(=S)SCCCC. The van der Waals surface area contributed by atoms with Crippen LogP contribution in [-0.4, -0.2) is 16.4 Å². The van der Waals surface area contributed by atoms with Gasteiger partial charge in [-0.2, -0.15) is 0 Å². The summed E-state index contributed by atoms with van der Waals surface area (Å²) in [6.07, 6.45) is 4.69. The fourth-order valence-electron chi connectivity index (χ4n) is 0.686. The molecule has 1 nitrogen and oxygen atoms in total. The molecule has 80 valence electrons. The van der Waals surface area contributed by atoms with E-state index in [0.29, 0.717) is 0 Å². The molecule has 0 fully saturated rings. The van der Waals surface area contributed by atoms with Crippen molar-refractivity contribution in [2.75, 3.05) is 11.5 Å². The molecule has 0 atom stereocenters. The monoisotopic (exact) mass is 258 g/mol. The highest BCUT2D eigenvalue weighted by Crippen LogP contribution is 2.66. The van der Waals surface area contributed by atoms with E-state index in [4.69, 9.17) is 11.8 Å². The Kier molecular flexibility index (Phi) is 9.47. The first kappa shape index (κ1) is 14.3. The van der Waals surface area contributed by atoms with E-state index in [1.165, 1.54) is 12.8 Å². The number of hydrogen-bond donors (Lipinski definition) is 1. The third-order valence-electron chi connectivity index (χ3n) is 1.50. The Hall–Kier alpha value is 1.31. The lowest BCUT2D eigenvalue weighted by Crippen LogP contribution is -1.79. The van der Waals surface area contributed by atoms with E-state index < -0.39 is 4.67 Å². The van der Waals surface area contributed by atoms with Gasteiger partial charge in [0.2, 0.25) is 0 Å². The molecule has 5 heteroatoms. The second-order valence-corrected chi connectivity index (χ2v) is 13.5. The van der Waals surface area contributed by atoms with Gasteiger partial charge >= 0.3 is 0 Å². The summed E-state index contributed by atoms with van der Waals surface area (Å²) in [5, 5.41) is 0. The summed E-state index contributed by atoms with van der Waals surface area (Å²) in [7, 11) is 0. The van der Waals surface area contributed by atoms with Gasteiger partial charge in [0.25, 0.3) is 0 Å². The Morgan fingerprint density at radius 3 is 1.77 bits per heavy atom. The molecule has 0 aliphatic heterocycles. The van der Waals surface area contributed by atoms with Gasteiger partial charge in [-0.05, 0) is 24.6 Å². The van der Waals surface area contributed by atoms with Crippen LogP contribution in [-0.2, 0) is 11.8 Å². The van der Waals surface area contributed by atoms with Crippen LogP contribution >= 0.6 is 27.4 Å². The summed E-state index contributed by atoms with van der Waals surface area (Å²) in [4.78, 5) is 9.82. The van der Waals surface area contributed by atoms with Crippen LogP contribution in [0, 0.1) is 0 Å². The number of hydrogen-bond acceptors (Lipinski definition) is 3. The molecule has 0 unspecified atom stereocenters. The van der Waals surface area contributed by atoms with Crippen molar-refractivity contribution in [1.82, 2.24) is 0 Å². The molecule has 0 saturated heterocycles. The molecule has 0 heterocycles. The van der Waals surface area contributed by atoms with Gasteiger partial charge in [0.05, 0.1) is 0 Å². The van der Waals surface area contributed by atoms with Crippen molar-refractivity contribution in [2.24, 2.45) is 0 Å². The molecule has 0 spiro atoms. The molecule has 1 N–H and O–H groups in total. The molecule has 0 aliphatic carbocycles. The molecule has 0 radical (unpaired) electrons. The van der Waals surface area contributed by atoms with Gasteiger partial charge in [-0.3, -0.25) is 0 Å². The molecule has 0 aromatic rings. The Bertz CT molecular complexity index is 149. The minimum Gasteiger partial charge on any atom is -0.350 e. The van der Waals surface area contributed by atoms with Gasteiger partial charge in [0.15, 0.2) is 4.67 Å².